The summed E-state index contributed by atoms with van der Waals surface area (Å²) in [5, 5.41) is 1.91. The molecule has 1 amide bonds. The third kappa shape index (κ3) is 7.81. The molecular weight excluding hydrogens is 565 g/mol. The van der Waals surface area contributed by atoms with E-state index in [4.69, 9.17) is 11.6 Å². The molecule has 0 bridgehead atoms. The Morgan fingerprint density at radius 2 is 1.56 bits per heavy atom. The van der Waals surface area contributed by atoms with E-state index in [9.17, 15) is 44.3 Å². The molecule has 39 heavy (non-hydrogen) atoms. The first-order valence-electron chi connectivity index (χ1n) is 11.1. The summed E-state index contributed by atoms with van der Waals surface area (Å²) in [6.45, 7) is 0. The highest BCUT2D eigenvalue weighted by atomic mass is 35.5. The summed E-state index contributed by atoms with van der Waals surface area (Å²) < 4.78 is 124. The van der Waals surface area contributed by atoms with E-state index in [1.807, 2.05) is 0 Å². The fourth-order valence-electron chi connectivity index (χ4n) is 3.85. The number of alkyl halides is 7. The number of ether oxygens (including phenoxy) is 1. The first-order chi connectivity index (χ1) is 18.1. The Labute approximate surface area is 221 Å². The smallest absolute Gasteiger partial charge is 0.428 e. The second-order valence-electron chi connectivity index (χ2n) is 8.50. The van der Waals surface area contributed by atoms with Crippen LogP contribution in [0.3, 0.4) is 0 Å². The number of hydrogen-bond acceptors (Lipinski definition) is 2. The summed E-state index contributed by atoms with van der Waals surface area (Å²) in [6.07, 6.45) is -16.9. The number of rotatable bonds is 10. The zero-order valence-electron chi connectivity index (χ0n) is 19.6. The van der Waals surface area contributed by atoms with Gasteiger partial charge < -0.3 is 10.1 Å². The topological polar surface area (TPSA) is 38.3 Å². The van der Waals surface area contributed by atoms with E-state index < -0.39 is 65.4 Å². The lowest BCUT2D eigenvalue weighted by Crippen LogP contribution is -2.49. The van der Waals surface area contributed by atoms with E-state index in [2.05, 4.69) is 10.1 Å². The minimum Gasteiger partial charge on any atom is -0.428 e. The van der Waals surface area contributed by atoms with Crippen molar-refractivity contribution in [3.05, 3.63) is 100 Å². The van der Waals surface area contributed by atoms with Gasteiger partial charge >= 0.3 is 18.7 Å². The summed E-state index contributed by atoms with van der Waals surface area (Å²) >= 11 is 5.93. The summed E-state index contributed by atoms with van der Waals surface area (Å²) in [6, 6.07) is 12.7. The van der Waals surface area contributed by atoms with E-state index in [0.717, 1.165) is 30.3 Å². The van der Waals surface area contributed by atoms with Crippen molar-refractivity contribution in [2.75, 3.05) is 0 Å². The number of hydrogen-bond donors (Lipinski definition) is 1. The third-order valence-electron chi connectivity index (χ3n) is 5.58. The highest BCUT2D eigenvalue weighted by Crippen LogP contribution is 2.39. The zero-order chi connectivity index (χ0) is 29.0. The van der Waals surface area contributed by atoms with Gasteiger partial charge in [0.25, 0.3) is 0 Å². The molecule has 0 heterocycles. The molecule has 0 saturated heterocycles. The van der Waals surface area contributed by atoms with Gasteiger partial charge in [-0.05, 0) is 41.0 Å². The van der Waals surface area contributed by atoms with Crippen molar-refractivity contribution in [1.82, 2.24) is 5.32 Å². The number of halogens is 10. The van der Waals surface area contributed by atoms with E-state index >= 15 is 0 Å². The van der Waals surface area contributed by atoms with Gasteiger partial charge in [-0.15, -0.1) is 0 Å². The number of nitrogens with one attached hydrogen (secondary N) is 1. The molecule has 0 spiro atoms. The lowest BCUT2D eigenvalue weighted by atomic mass is 9.77. The van der Waals surface area contributed by atoms with Crippen LogP contribution < -0.4 is 10.1 Å². The van der Waals surface area contributed by atoms with Crippen LogP contribution in [0.5, 0.6) is 5.75 Å². The number of benzene rings is 3. The standard InChI is InChI=1S/C26H19ClF9NO2/c27-20-12-16(6-7-21(20)29)24(14-15-4-2-1-3-5-15,37-22(38)8-9-25(32,33)34)17-10-18(28)13-19(11-17)39-26(35,36)23(30)31/h1-7,10-13,23H,8-9,14H2,(H,37,38). The maximum Gasteiger partial charge on any atom is 0.461 e. The summed E-state index contributed by atoms with van der Waals surface area (Å²) in [7, 11) is 0. The Balaban J connectivity index is 2.25. The molecule has 1 unspecified atom stereocenters. The van der Waals surface area contributed by atoms with Crippen molar-refractivity contribution < 1.29 is 49.0 Å². The van der Waals surface area contributed by atoms with Crippen molar-refractivity contribution >= 4 is 17.5 Å². The minimum atomic E-state index is -5.03. The Bertz CT molecular complexity index is 1300. The maximum atomic E-state index is 14.7. The minimum absolute atomic E-state index is 0.0738. The van der Waals surface area contributed by atoms with Crippen molar-refractivity contribution in [2.24, 2.45) is 0 Å². The molecule has 0 aliphatic rings. The first-order valence-corrected chi connectivity index (χ1v) is 11.5. The molecule has 0 aliphatic carbocycles. The maximum absolute atomic E-state index is 14.7. The van der Waals surface area contributed by atoms with Crippen molar-refractivity contribution in [3.8, 4) is 5.75 Å². The molecule has 3 aromatic carbocycles. The predicted octanol–water partition coefficient (Wildman–Crippen LogP) is 7.80. The largest absolute Gasteiger partial charge is 0.461 e. The van der Waals surface area contributed by atoms with Crippen LogP contribution >= 0.6 is 11.6 Å². The Kier molecular flexibility index (Phi) is 9.09. The lowest BCUT2D eigenvalue weighted by molar-refractivity contribution is -0.253. The van der Waals surface area contributed by atoms with E-state index in [1.54, 1.807) is 30.3 Å². The summed E-state index contributed by atoms with van der Waals surface area (Å²) in [4.78, 5) is 12.8. The van der Waals surface area contributed by atoms with Crippen LogP contribution in [0.2, 0.25) is 5.02 Å². The molecule has 0 saturated carbocycles. The van der Waals surface area contributed by atoms with Gasteiger partial charge in [0.1, 0.15) is 17.4 Å². The summed E-state index contributed by atoms with van der Waals surface area (Å²) in [5.41, 5.74) is -2.09. The van der Waals surface area contributed by atoms with E-state index in [-0.39, 0.29) is 17.5 Å². The molecule has 210 valence electrons. The van der Waals surface area contributed by atoms with Crippen molar-refractivity contribution in [3.63, 3.8) is 0 Å². The molecule has 0 fully saturated rings. The quantitative estimate of drug-likeness (QED) is 0.247. The van der Waals surface area contributed by atoms with Gasteiger partial charge in [0.15, 0.2) is 0 Å². The monoisotopic (exact) mass is 583 g/mol. The SMILES string of the molecule is O=C(CCC(F)(F)F)NC(Cc1ccccc1)(c1cc(F)cc(OC(F)(F)C(F)F)c1)c1ccc(F)c(Cl)c1. The van der Waals surface area contributed by atoms with Gasteiger partial charge in [0.05, 0.1) is 17.0 Å². The Morgan fingerprint density at radius 1 is 0.897 bits per heavy atom. The summed E-state index contributed by atoms with van der Waals surface area (Å²) in [5.74, 6) is -4.42. The first kappa shape index (κ1) is 30.1. The molecule has 0 radical (unpaired) electrons. The van der Waals surface area contributed by atoms with E-state index in [0.29, 0.717) is 11.6 Å². The average molecular weight is 584 g/mol. The predicted molar refractivity (Wildman–Crippen MR) is 124 cm³/mol. The zero-order valence-corrected chi connectivity index (χ0v) is 20.4. The Morgan fingerprint density at radius 3 is 2.15 bits per heavy atom. The highest BCUT2D eigenvalue weighted by Gasteiger charge is 2.45. The fourth-order valence-corrected chi connectivity index (χ4v) is 4.03. The van der Waals surface area contributed by atoms with Gasteiger partial charge in [0, 0.05) is 18.9 Å². The van der Waals surface area contributed by atoms with Gasteiger partial charge in [-0.25, -0.2) is 8.78 Å². The molecule has 3 aromatic rings. The molecule has 0 aliphatic heterocycles. The average Bonchev–Trinajstić information content (AvgIpc) is 2.83. The van der Waals surface area contributed by atoms with Crippen LogP contribution in [0, 0.1) is 11.6 Å². The second kappa shape index (κ2) is 11.8. The molecular formula is C26H19ClF9NO2. The number of carbonyl (C=O) groups is 1. The van der Waals surface area contributed by atoms with Crippen LogP contribution in [0.1, 0.15) is 29.5 Å². The molecule has 1 N–H and O–H groups in total. The number of amides is 1. The molecule has 3 rings (SSSR count). The van der Waals surface area contributed by atoms with E-state index in [1.165, 1.54) is 0 Å². The van der Waals surface area contributed by atoms with Crippen molar-refractivity contribution in [2.45, 2.75) is 43.5 Å². The molecule has 1 atom stereocenters. The number of carbonyl (C=O) groups excluding carboxylic acids is 1. The molecule has 3 nitrogen and oxygen atoms in total. The van der Waals surface area contributed by atoms with Gasteiger partial charge in [0.2, 0.25) is 5.91 Å². The van der Waals surface area contributed by atoms with Crippen LogP contribution in [0.25, 0.3) is 0 Å². The van der Waals surface area contributed by atoms with Crippen molar-refractivity contribution in [1.29, 1.82) is 0 Å². The van der Waals surface area contributed by atoms with Gasteiger partial charge in [-0.3, -0.25) is 4.79 Å². The van der Waals surface area contributed by atoms with Crippen LogP contribution in [-0.4, -0.2) is 24.6 Å². The van der Waals surface area contributed by atoms with Gasteiger partial charge in [-0.1, -0.05) is 48.0 Å². The van der Waals surface area contributed by atoms with Gasteiger partial charge in [-0.2, -0.15) is 30.7 Å². The Hall–Kier alpha value is -3.41. The fraction of sp³-hybridized carbons (Fsp3) is 0.269. The normalized spacial score (nSPS) is 13.7. The van der Waals surface area contributed by atoms with Crippen LogP contribution in [0.4, 0.5) is 39.5 Å². The second-order valence-corrected chi connectivity index (χ2v) is 8.91. The third-order valence-corrected chi connectivity index (χ3v) is 5.87. The highest BCUT2D eigenvalue weighted by molar-refractivity contribution is 6.30. The van der Waals surface area contributed by atoms with Crippen LogP contribution in [-0.2, 0) is 16.8 Å². The molecule has 0 aromatic heterocycles. The lowest BCUT2D eigenvalue weighted by Gasteiger charge is -2.37. The van der Waals surface area contributed by atoms with Crippen LogP contribution in [0.15, 0.2) is 66.7 Å². The molecule has 13 heteroatoms.